The van der Waals surface area contributed by atoms with Crippen LogP contribution < -0.4 is 15.5 Å². The van der Waals surface area contributed by atoms with Gasteiger partial charge in [0.2, 0.25) is 5.75 Å². The molecule has 0 spiro atoms. The fourth-order valence-electron chi connectivity index (χ4n) is 2.15. The molecule has 2 rings (SSSR count). The van der Waals surface area contributed by atoms with Crippen molar-refractivity contribution in [1.29, 1.82) is 0 Å². The van der Waals surface area contributed by atoms with Crippen LogP contribution in [0.25, 0.3) is 0 Å². The lowest BCUT2D eigenvalue weighted by atomic mass is 10.2. The zero-order chi connectivity index (χ0) is 19.1. The van der Waals surface area contributed by atoms with E-state index in [0.717, 1.165) is 17.3 Å². The van der Waals surface area contributed by atoms with Crippen molar-refractivity contribution >= 4 is 23.5 Å². The molecule has 0 heterocycles. The molecule has 1 amide bonds. The van der Waals surface area contributed by atoms with Crippen molar-refractivity contribution in [3.63, 3.8) is 0 Å². The number of amides is 1. The van der Waals surface area contributed by atoms with Crippen LogP contribution in [0.1, 0.15) is 11.1 Å². The van der Waals surface area contributed by atoms with Gasteiger partial charge >= 0.3 is 5.69 Å². The first kappa shape index (κ1) is 18.7. The van der Waals surface area contributed by atoms with E-state index in [4.69, 9.17) is 4.74 Å². The zero-order valence-electron chi connectivity index (χ0n) is 14.2. The molecule has 0 aliphatic carbocycles. The molecule has 0 fully saturated rings. The fraction of sp³-hybridized carbons (Fsp3) is 0.176. The van der Waals surface area contributed by atoms with E-state index in [2.05, 4.69) is 15.8 Å². The van der Waals surface area contributed by atoms with Crippen LogP contribution in [-0.4, -0.2) is 35.8 Å². The smallest absolute Gasteiger partial charge is 0.315 e. The number of nitrogens with zero attached hydrogens (tertiary/aromatic N) is 2. The number of hydrogen-bond donors (Lipinski definition) is 3. The number of carbonyl (C=O) groups is 1. The second kappa shape index (κ2) is 8.47. The van der Waals surface area contributed by atoms with E-state index in [1.165, 1.54) is 19.4 Å². The average molecular weight is 358 g/mol. The number of phenolic OH excluding ortho intramolecular Hbond substituents is 1. The molecule has 0 radical (unpaired) electrons. The highest BCUT2D eigenvalue weighted by Crippen LogP contribution is 2.36. The minimum atomic E-state index is -0.736. The number of phenols is 1. The molecule has 9 heteroatoms. The predicted molar refractivity (Wildman–Crippen MR) is 96.7 cm³/mol. The molecule has 0 saturated heterocycles. The van der Waals surface area contributed by atoms with Crippen LogP contribution >= 0.6 is 0 Å². The first-order valence-electron chi connectivity index (χ1n) is 7.59. The van der Waals surface area contributed by atoms with Crippen LogP contribution in [0.2, 0.25) is 0 Å². The summed E-state index contributed by atoms with van der Waals surface area (Å²) < 4.78 is 4.89. The van der Waals surface area contributed by atoms with Crippen LogP contribution in [0.3, 0.4) is 0 Å². The van der Waals surface area contributed by atoms with Gasteiger partial charge in [0.15, 0.2) is 5.75 Å². The topological polar surface area (TPSA) is 126 Å². The number of rotatable bonds is 7. The van der Waals surface area contributed by atoms with E-state index < -0.39 is 16.4 Å². The van der Waals surface area contributed by atoms with E-state index >= 15 is 0 Å². The van der Waals surface area contributed by atoms with Crippen molar-refractivity contribution in [3.8, 4) is 11.5 Å². The maximum atomic E-state index is 11.8. The highest BCUT2D eigenvalue weighted by atomic mass is 16.6. The molecule has 0 aliphatic heterocycles. The number of aryl methyl sites for hydroxylation is 1. The largest absolute Gasteiger partial charge is 0.500 e. The number of aromatic hydroxyl groups is 1. The molecule has 0 saturated carbocycles. The Morgan fingerprint density at radius 2 is 2.12 bits per heavy atom. The van der Waals surface area contributed by atoms with Gasteiger partial charge in [-0.3, -0.25) is 14.9 Å². The maximum Gasteiger partial charge on any atom is 0.315 e. The summed E-state index contributed by atoms with van der Waals surface area (Å²) in [5.74, 6) is -1.01. The van der Waals surface area contributed by atoms with E-state index in [-0.39, 0.29) is 18.2 Å². The molecule has 3 N–H and O–H groups in total. The number of nitro groups is 1. The third-order valence-electron chi connectivity index (χ3n) is 3.48. The Balaban J connectivity index is 1.99. The van der Waals surface area contributed by atoms with Gasteiger partial charge in [-0.15, -0.1) is 0 Å². The van der Waals surface area contributed by atoms with Crippen molar-refractivity contribution in [2.24, 2.45) is 5.10 Å². The predicted octanol–water partition coefficient (Wildman–Crippen LogP) is 2.18. The Labute approximate surface area is 149 Å². The minimum absolute atomic E-state index is 0.0151. The first-order valence-corrected chi connectivity index (χ1v) is 7.59. The van der Waals surface area contributed by atoms with Crippen molar-refractivity contribution in [2.45, 2.75) is 6.92 Å². The van der Waals surface area contributed by atoms with Crippen LogP contribution in [0.15, 0.2) is 41.5 Å². The zero-order valence-corrected chi connectivity index (χ0v) is 14.2. The lowest BCUT2D eigenvalue weighted by molar-refractivity contribution is -0.386. The van der Waals surface area contributed by atoms with Crippen molar-refractivity contribution in [3.05, 3.63) is 57.6 Å². The van der Waals surface area contributed by atoms with Crippen LogP contribution in [0.5, 0.6) is 11.5 Å². The van der Waals surface area contributed by atoms with E-state index in [1.54, 1.807) is 0 Å². The van der Waals surface area contributed by atoms with Crippen LogP contribution in [0, 0.1) is 17.0 Å². The second-order valence-electron chi connectivity index (χ2n) is 5.31. The molecule has 2 aromatic carbocycles. The molecular weight excluding hydrogens is 340 g/mol. The number of nitro benzene ring substituents is 1. The molecule has 0 aromatic heterocycles. The second-order valence-corrected chi connectivity index (χ2v) is 5.31. The molecule has 0 aliphatic rings. The normalized spacial score (nSPS) is 10.5. The van der Waals surface area contributed by atoms with Gasteiger partial charge in [0.1, 0.15) is 0 Å². The average Bonchev–Trinajstić information content (AvgIpc) is 2.62. The summed E-state index contributed by atoms with van der Waals surface area (Å²) in [7, 11) is 1.28. The third kappa shape index (κ3) is 4.69. The molecule has 2 aromatic rings. The highest BCUT2D eigenvalue weighted by Gasteiger charge is 2.19. The number of nitrogens with one attached hydrogen (secondary N) is 2. The van der Waals surface area contributed by atoms with Gasteiger partial charge in [-0.2, -0.15) is 5.10 Å². The number of benzene rings is 2. The van der Waals surface area contributed by atoms with Crippen molar-refractivity contribution in [2.75, 3.05) is 19.0 Å². The summed E-state index contributed by atoms with van der Waals surface area (Å²) >= 11 is 0. The molecule has 0 bridgehead atoms. The Morgan fingerprint density at radius 3 is 2.77 bits per heavy atom. The van der Waals surface area contributed by atoms with Crippen molar-refractivity contribution in [1.82, 2.24) is 5.43 Å². The molecular formula is C17H18N4O5. The van der Waals surface area contributed by atoms with Gasteiger partial charge < -0.3 is 15.2 Å². The number of hydrazone groups is 1. The Hall–Kier alpha value is -3.62. The van der Waals surface area contributed by atoms with Gasteiger partial charge in [-0.1, -0.05) is 18.2 Å². The number of hydrogen-bond acceptors (Lipinski definition) is 7. The summed E-state index contributed by atoms with van der Waals surface area (Å²) in [6.45, 7) is 1.94. The number of methoxy groups -OCH3 is 1. The summed E-state index contributed by atoms with van der Waals surface area (Å²) in [5, 5.41) is 27.4. The Morgan fingerprint density at radius 1 is 1.38 bits per heavy atom. The van der Waals surface area contributed by atoms with Gasteiger partial charge in [0.05, 0.1) is 24.8 Å². The highest BCUT2D eigenvalue weighted by molar-refractivity contribution is 5.86. The Kier molecular flexibility index (Phi) is 6.10. The minimum Gasteiger partial charge on any atom is -0.500 e. The van der Waals surface area contributed by atoms with E-state index in [0.29, 0.717) is 5.56 Å². The number of para-hydroxylation sites is 1. The quantitative estimate of drug-likeness (QED) is 0.396. The first-order chi connectivity index (χ1) is 12.4. The van der Waals surface area contributed by atoms with Crippen LogP contribution in [-0.2, 0) is 4.79 Å². The fourth-order valence-corrected chi connectivity index (χ4v) is 2.15. The third-order valence-corrected chi connectivity index (χ3v) is 3.48. The monoisotopic (exact) mass is 358 g/mol. The molecule has 136 valence electrons. The number of carbonyl (C=O) groups excluding carboxylic acids is 1. The molecule has 0 unspecified atom stereocenters. The lowest BCUT2D eigenvalue weighted by Gasteiger charge is -2.08. The summed E-state index contributed by atoms with van der Waals surface area (Å²) in [4.78, 5) is 22.0. The number of ether oxygens (including phenoxy) is 1. The molecule has 0 atom stereocenters. The van der Waals surface area contributed by atoms with Crippen LogP contribution in [0.4, 0.5) is 11.4 Å². The standard InChI is InChI=1S/C17H18N4O5/c1-11-5-3-4-6-13(11)18-10-16(22)20-19-9-12-7-14(21(24)25)17(23)15(8-12)26-2/h3-9,18,23H,10H2,1-2H3,(H,20,22)/b19-9+. The lowest BCUT2D eigenvalue weighted by Crippen LogP contribution is -2.26. The Bertz CT molecular complexity index is 851. The summed E-state index contributed by atoms with van der Waals surface area (Å²) in [6.07, 6.45) is 1.22. The van der Waals surface area contributed by atoms with E-state index in [9.17, 15) is 20.0 Å². The van der Waals surface area contributed by atoms with Gasteiger partial charge in [0.25, 0.3) is 5.91 Å². The van der Waals surface area contributed by atoms with Gasteiger partial charge in [-0.05, 0) is 24.6 Å². The SMILES string of the molecule is COc1cc(/C=N/NC(=O)CNc2ccccc2C)cc([N+](=O)[O-])c1O. The summed E-state index contributed by atoms with van der Waals surface area (Å²) in [5.41, 5.74) is 3.94. The van der Waals surface area contributed by atoms with Gasteiger partial charge in [-0.25, -0.2) is 5.43 Å². The molecule has 9 nitrogen and oxygen atoms in total. The summed E-state index contributed by atoms with van der Waals surface area (Å²) in [6, 6.07) is 10.0. The number of anilines is 1. The maximum absolute atomic E-state index is 11.8. The molecule has 26 heavy (non-hydrogen) atoms. The van der Waals surface area contributed by atoms with Gasteiger partial charge in [0, 0.05) is 17.3 Å². The van der Waals surface area contributed by atoms with E-state index in [1.807, 2.05) is 31.2 Å². The van der Waals surface area contributed by atoms with Crippen molar-refractivity contribution < 1.29 is 19.6 Å².